The molecule has 1 saturated heterocycles. The van der Waals surface area contributed by atoms with Crippen molar-refractivity contribution >= 4 is 11.9 Å². The number of nitrogens with zero attached hydrogens (tertiary/aromatic N) is 1. The molecule has 0 saturated carbocycles. The van der Waals surface area contributed by atoms with Gasteiger partial charge in [-0.1, -0.05) is 19.1 Å². The molecule has 2 N–H and O–H groups in total. The first kappa shape index (κ1) is 12.5. The summed E-state index contributed by atoms with van der Waals surface area (Å²) < 4.78 is 12.9. The highest BCUT2D eigenvalue weighted by Gasteiger charge is 2.42. The number of hydrogen-bond acceptors (Lipinski definition) is 2. The number of amides is 1. The van der Waals surface area contributed by atoms with Crippen molar-refractivity contribution in [1.29, 1.82) is 0 Å². The number of halogens is 1. The zero-order valence-corrected chi connectivity index (χ0v) is 10.5. The fourth-order valence-corrected chi connectivity index (χ4v) is 1.85. The molecule has 18 heavy (non-hydrogen) atoms. The fourth-order valence-electron chi connectivity index (χ4n) is 1.85. The van der Waals surface area contributed by atoms with Gasteiger partial charge < -0.3 is 5.32 Å². The molecule has 1 aromatic carbocycles. The monoisotopic (exact) mass is 249 g/mol. The Morgan fingerprint density at radius 1 is 1.33 bits per heavy atom. The number of carbonyl (C=O) groups excluding carboxylic acids is 1. The molecule has 0 aliphatic carbocycles. The summed E-state index contributed by atoms with van der Waals surface area (Å²) in [4.78, 5) is 16.2. The van der Waals surface area contributed by atoms with Crippen LogP contribution in [0.1, 0.15) is 25.8 Å². The first-order chi connectivity index (χ1) is 8.56. The van der Waals surface area contributed by atoms with Gasteiger partial charge >= 0.3 is 0 Å². The molecule has 0 bridgehead atoms. The molecular formula is C13H16FN3O. The van der Waals surface area contributed by atoms with Crippen molar-refractivity contribution in [2.75, 3.05) is 6.54 Å². The zero-order chi connectivity index (χ0) is 13.2. The van der Waals surface area contributed by atoms with Crippen LogP contribution in [0.15, 0.2) is 29.3 Å². The average molecular weight is 249 g/mol. The lowest BCUT2D eigenvalue weighted by Gasteiger charge is -2.21. The van der Waals surface area contributed by atoms with Crippen LogP contribution in [0.3, 0.4) is 0 Å². The molecule has 0 radical (unpaired) electrons. The fraction of sp³-hybridized carbons (Fsp3) is 0.385. The second kappa shape index (κ2) is 4.76. The molecule has 1 amide bonds. The van der Waals surface area contributed by atoms with Crippen molar-refractivity contribution in [3.8, 4) is 0 Å². The van der Waals surface area contributed by atoms with Gasteiger partial charge in [0.25, 0.3) is 5.91 Å². The number of guanidine groups is 1. The van der Waals surface area contributed by atoms with Crippen LogP contribution in [0, 0.1) is 5.82 Å². The minimum atomic E-state index is -0.889. The van der Waals surface area contributed by atoms with Crippen LogP contribution in [0.5, 0.6) is 0 Å². The molecule has 5 heteroatoms. The Hall–Kier alpha value is -1.91. The number of hydrogen-bond donors (Lipinski definition) is 2. The van der Waals surface area contributed by atoms with E-state index in [1.54, 1.807) is 19.1 Å². The molecule has 1 aliphatic rings. The molecule has 1 unspecified atom stereocenters. The maximum Gasteiger partial charge on any atom is 0.256 e. The summed E-state index contributed by atoms with van der Waals surface area (Å²) in [7, 11) is 0. The summed E-state index contributed by atoms with van der Waals surface area (Å²) in [5.74, 6) is -0.0155. The maximum atomic E-state index is 12.9. The Morgan fingerprint density at radius 3 is 2.61 bits per heavy atom. The SMILES string of the molecule is CCCN=C1NC(=O)C(C)(c2ccc(F)cc2)N1. The van der Waals surface area contributed by atoms with Crippen LogP contribution in [0.4, 0.5) is 4.39 Å². The first-order valence-corrected chi connectivity index (χ1v) is 5.96. The summed E-state index contributed by atoms with van der Waals surface area (Å²) >= 11 is 0. The predicted octanol–water partition coefficient (Wildman–Crippen LogP) is 1.53. The molecule has 1 atom stereocenters. The second-order valence-corrected chi connectivity index (χ2v) is 4.44. The van der Waals surface area contributed by atoms with Crippen molar-refractivity contribution in [2.45, 2.75) is 25.8 Å². The minimum absolute atomic E-state index is 0.177. The highest BCUT2D eigenvalue weighted by atomic mass is 19.1. The zero-order valence-electron chi connectivity index (χ0n) is 10.5. The van der Waals surface area contributed by atoms with E-state index in [0.717, 1.165) is 6.42 Å². The normalized spacial score (nSPS) is 25.1. The molecule has 0 aromatic heterocycles. The largest absolute Gasteiger partial charge is 0.338 e. The lowest BCUT2D eigenvalue weighted by atomic mass is 9.92. The van der Waals surface area contributed by atoms with Crippen molar-refractivity contribution in [1.82, 2.24) is 10.6 Å². The molecule has 1 aliphatic heterocycles. The van der Waals surface area contributed by atoms with Gasteiger partial charge in [0, 0.05) is 6.54 Å². The van der Waals surface area contributed by atoms with E-state index in [1.165, 1.54) is 12.1 Å². The Kier molecular flexibility index (Phi) is 3.32. The molecular weight excluding hydrogens is 233 g/mol. The summed E-state index contributed by atoms with van der Waals surface area (Å²) in [6, 6.07) is 5.89. The number of rotatable bonds is 3. The number of carbonyl (C=O) groups is 1. The smallest absolute Gasteiger partial charge is 0.256 e. The van der Waals surface area contributed by atoms with Crippen LogP contribution in [0.25, 0.3) is 0 Å². The Labute approximate surface area is 105 Å². The van der Waals surface area contributed by atoms with Crippen molar-refractivity contribution in [3.05, 3.63) is 35.6 Å². The van der Waals surface area contributed by atoms with E-state index >= 15 is 0 Å². The van der Waals surface area contributed by atoms with Gasteiger partial charge in [-0.3, -0.25) is 15.1 Å². The van der Waals surface area contributed by atoms with E-state index < -0.39 is 5.54 Å². The van der Waals surface area contributed by atoms with E-state index in [-0.39, 0.29) is 11.7 Å². The van der Waals surface area contributed by atoms with E-state index in [4.69, 9.17) is 0 Å². The summed E-state index contributed by atoms with van der Waals surface area (Å²) in [5.41, 5.74) is -0.177. The van der Waals surface area contributed by atoms with Crippen LogP contribution in [-0.4, -0.2) is 18.4 Å². The Morgan fingerprint density at radius 2 is 2.00 bits per heavy atom. The van der Waals surface area contributed by atoms with E-state index in [1.807, 2.05) is 6.92 Å². The molecule has 1 fully saturated rings. The number of benzene rings is 1. The predicted molar refractivity (Wildman–Crippen MR) is 67.6 cm³/mol. The van der Waals surface area contributed by atoms with Crippen molar-refractivity contribution < 1.29 is 9.18 Å². The number of aliphatic imine (C=N–C) groups is 1. The van der Waals surface area contributed by atoms with Gasteiger partial charge in [0.05, 0.1) is 0 Å². The molecule has 96 valence electrons. The quantitative estimate of drug-likeness (QED) is 0.853. The Balaban J connectivity index is 2.26. The Bertz CT molecular complexity index is 484. The standard InChI is InChI=1S/C13H16FN3O/c1-3-8-15-12-16-11(18)13(2,17-12)9-4-6-10(14)7-5-9/h4-7H,3,8H2,1-2H3,(H2,15,16,17,18). The molecule has 1 heterocycles. The van der Waals surface area contributed by atoms with E-state index in [2.05, 4.69) is 15.6 Å². The lowest BCUT2D eigenvalue weighted by molar-refractivity contribution is -0.123. The van der Waals surface area contributed by atoms with Gasteiger partial charge in [-0.15, -0.1) is 0 Å². The van der Waals surface area contributed by atoms with Gasteiger partial charge in [0.1, 0.15) is 11.4 Å². The summed E-state index contributed by atoms with van der Waals surface area (Å²) in [5, 5.41) is 5.75. The van der Waals surface area contributed by atoms with Crippen LogP contribution < -0.4 is 10.6 Å². The van der Waals surface area contributed by atoms with E-state index in [9.17, 15) is 9.18 Å². The van der Waals surface area contributed by atoms with Crippen LogP contribution in [-0.2, 0) is 10.3 Å². The third-order valence-electron chi connectivity index (χ3n) is 2.97. The minimum Gasteiger partial charge on any atom is -0.338 e. The third-order valence-corrected chi connectivity index (χ3v) is 2.97. The molecule has 1 aromatic rings. The highest BCUT2D eigenvalue weighted by molar-refractivity contribution is 6.09. The van der Waals surface area contributed by atoms with Gasteiger partial charge in [0.15, 0.2) is 5.96 Å². The molecule has 0 spiro atoms. The second-order valence-electron chi connectivity index (χ2n) is 4.44. The number of nitrogens with one attached hydrogen (secondary N) is 2. The summed E-state index contributed by atoms with van der Waals surface area (Å²) in [6.07, 6.45) is 0.911. The first-order valence-electron chi connectivity index (χ1n) is 5.96. The lowest BCUT2D eigenvalue weighted by Crippen LogP contribution is -2.40. The highest BCUT2D eigenvalue weighted by Crippen LogP contribution is 2.24. The van der Waals surface area contributed by atoms with Crippen molar-refractivity contribution in [2.24, 2.45) is 4.99 Å². The van der Waals surface area contributed by atoms with Crippen molar-refractivity contribution in [3.63, 3.8) is 0 Å². The van der Waals surface area contributed by atoms with Gasteiger partial charge in [-0.25, -0.2) is 4.39 Å². The summed E-state index contributed by atoms with van der Waals surface area (Å²) in [6.45, 7) is 4.42. The average Bonchev–Trinajstić information content (AvgIpc) is 2.64. The third kappa shape index (κ3) is 2.20. The maximum absolute atomic E-state index is 12.9. The van der Waals surface area contributed by atoms with Gasteiger partial charge in [-0.2, -0.15) is 0 Å². The molecule has 2 rings (SSSR count). The van der Waals surface area contributed by atoms with Gasteiger partial charge in [0.2, 0.25) is 0 Å². The van der Waals surface area contributed by atoms with E-state index in [0.29, 0.717) is 18.1 Å². The topological polar surface area (TPSA) is 53.5 Å². The van der Waals surface area contributed by atoms with Crippen LogP contribution in [0.2, 0.25) is 0 Å². The molecule has 4 nitrogen and oxygen atoms in total. The van der Waals surface area contributed by atoms with Crippen LogP contribution >= 0.6 is 0 Å². The van der Waals surface area contributed by atoms with Gasteiger partial charge in [-0.05, 0) is 31.0 Å².